The molecule has 0 atom stereocenters. The highest BCUT2D eigenvalue weighted by Crippen LogP contribution is 2.24. The highest BCUT2D eigenvalue weighted by molar-refractivity contribution is 9.10. The maximum Gasteiger partial charge on any atom is 0.312 e. The zero-order valence-electron chi connectivity index (χ0n) is 9.04. The number of anilines is 1. The Hall–Kier alpha value is -2.03. The van der Waals surface area contributed by atoms with E-state index in [9.17, 15) is 10.1 Å². The fourth-order valence-electron chi connectivity index (χ4n) is 1.30. The molecule has 0 amide bonds. The van der Waals surface area contributed by atoms with Crippen LogP contribution in [0.5, 0.6) is 0 Å². The third-order valence-corrected chi connectivity index (χ3v) is 2.51. The van der Waals surface area contributed by atoms with E-state index in [-0.39, 0.29) is 11.5 Å². The standard InChI is InChI=1S/C9H8BrN5O3/c10-6-3-7(15(16)17)9(12-4-6)11-2-1-8-13-5-18-14-8/h3-5H,1-2H2,(H,11,12). The van der Waals surface area contributed by atoms with Crippen molar-refractivity contribution in [2.75, 3.05) is 11.9 Å². The molecule has 0 bridgehead atoms. The molecular formula is C9H8BrN5O3. The van der Waals surface area contributed by atoms with Gasteiger partial charge in [0.25, 0.3) is 0 Å². The van der Waals surface area contributed by atoms with Gasteiger partial charge in [-0.25, -0.2) is 4.98 Å². The number of pyridine rings is 1. The van der Waals surface area contributed by atoms with Crippen LogP contribution >= 0.6 is 15.9 Å². The average Bonchev–Trinajstić information content (AvgIpc) is 2.84. The maximum absolute atomic E-state index is 10.8. The van der Waals surface area contributed by atoms with Crippen LogP contribution < -0.4 is 5.32 Å². The van der Waals surface area contributed by atoms with Crippen molar-refractivity contribution in [1.29, 1.82) is 0 Å². The highest BCUT2D eigenvalue weighted by Gasteiger charge is 2.15. The van der Waals surface area contributed by atoms with Crippen LogP contribution in [0.25, 0.3) is 0 Å². The Balaban J connectivity index is 2.02. The van der Waals surface area contributed by atoms with E-state index in [0.717, 1.165) is 0 Å². The van der Waals surface area contributed by atoms with E-state index < -0.39 is 4.92 Å². The fourth-order valence-corrected chi connectivity index (χ4v) is 1.62. The topological polar surface area (TPSA) is 107 Å². The van der Waals surface area contributed by atoms with Crippen LogP contribution in [0.2, 0.25) is 0 Å². The first kappa shape index (κ1) is 12.4. The molecule has 0 aliphatic rings. The van der Waals surface area contributed by atoms with Crippen molar-refractivity contribution in [1.82, 2.24) is 15.1 Å². The van der Waals surface area contributed by atoms with E-state index in [2.05, 4.69) is 40.9 Å². The molecule has 0 aromatic carbocycles. The van der Waals surface area contributed by atoms with Crippen LogP contribution in [0.3, 0.4) is 0 Å². The van der Waals surface area contributed by atoms with Crippen LogP contribution in [0.15, 0.2) is 27.7 Å². The monoisotopic (exact) mass is 313 g/mol. The van der Waals surface area contributed by atoms with Gasteiger partial charge >= 0.3 is 5.69 Å². The normalized spacial score (nSPS) is 10.3. The molecule has 0 saturated heterocycles. The summed E-state index contributed by atoms with van der Waals surface area (Å²) in [5, 5.41) is 17.3. The van der Waals surface area contributed by atoms with Crippen LogP contribution in [0.1, 0.15) is 5.82 Å². The number of nitrogens with one attached hydrogen (secondary N) is 1. The van der Waals surface area contributed by atoms with Crippen molar-refractivity contribution < 1.29 is 9.45 Å². The summed E-state index contributed by atoms with van der Waals surface area (Å²) in [6, 6.07) is 1.39. The summed E-state index contributed by atoms with van der Waals surface area (Å²) in [5.74, 6) is 0.744. The number of aromatic nitrogens is 3. The molecule has 2 aromatic heterocycles. The molecule has 0 saturated carbocycles. The summed E-state index contributed by atoms with van der Waals surface area (Å²) in [7, 11) is 0. The van der Waals surface area contributed by atoms with Gasteiger partial charge in [-0.2, -0.15) is 4.98 Å². The molecule has 0 unspecified atom stereocenters. The maximum atomic E-state index is 10.8. The van der Waals surface area contributed by atoms with Gasteiger partial charge in [-0.05, 0) is 15.9 Å². The number of rotatable bonds is 5. The largest absolute Gasteiger partial charge is 0.364 e. The van der Waals surface area contributed by atoms with Crippen molar-refractivity contribution in [3.05, 3.63) is 39.1 Å². The Bertz CT molecular complexity index is 545. The minimum absolute atomic E-state index is 0.0857. The van der Waals surface area contributed by atoms with Gasteiger partial charge in [0.1, 0.15) is 0 Å². The van der Waals surface area contributed by atoms with Crippen molar-refractivity contribution in [3.8, 4) is 0 Å². The van der Waals surface area contributed by atoms with Crippen LogP contribution in [0, 0.1) is 10.1 Å². The predicted octanol–water partition coefficient (Wildman–Crippen LogP) is 1.79. The molecule has 0 fully saturated rings. The van der Waals surface area contributed by atoms with Crippen molar-refractivity contribution in [3.63, 3.8) is 0 Å². The molecule has 0 radical (unpaired) electrons. The van der Waals surface area contributed by atoms with Gasteiger partial charge in [0.15, 0.2) is 5.82 Å². The number of nitrogens with zero attached hydrogens (tertiary/aromatic N) is 4. The summed E-state index contributed by atoms with van der Waals surface area (Å²) in [5.41, 5.74) is -0.0857. The number of nitro groups is 1. The molecule has 0 aliphatic carbocycles. The Morgan fingerprint density at radius 3 is 3.00 bits per heavy atom. The Labute approximate surface area is 110 Å². The highest BCUT2D eigenvalue weighted by atomic mass is 79.9. The molecule has 18 heavy (non-hydrogen) atoms. The van der Waals surface area contributed by atoms with E-state index in [4.69, 9.17) is 0 Å². The molecule has 2 rings (SSSR count). The minimum Gasteiger partial charge on any atom is -0.364 e. The molecule has 8 nitrogen and oxygen atoms in total. The quantitative estimate of drug-likeness (QED) is 0.662. The van der Waals surface area contributed by atoms with Crippen LogP contribution in [-0.4, -0.2) is 26.6 Å². The lowest BCUT2D eigenvalue weighted by atomic mass is 10.3. The second kappa shape index (κ2) is 5.54. The first-order chi connectivity index (χ1) is 8.66. The van der Waals surface area contributed by atoms with Crippen molar-refractivity contribution in [2.45, 2.75) is 6.42 Å². The Morgan fingerprint density at radius 2 is 2.33 bits per heavy atom. The lowest BCUT2D eigenvalue weighted by Gasteiger charge is -2.04. The zero-order chi connectivity index (χ0) is 13.0. The molecule has 0 aliphatic heterocycles. The first-order valence-corrected chi connectivity index (χ1v) is 5.75. The van der Waals surface area contributed by atoms with Gasteiger partial charge in [0.2, 0.25) is 12.2 Å². The van der Waals surface area contributed by atoms with Crippen molar-refractivity contribution >= 4 is 27.4 Å². The van der Waals surface area contributed by atoms with Crippen LogP contribution in [0.4, 0.5) is 11.5 Å². The Kier molecular flexibility index (Phi) is 3.82. The SMILES string of the molecule is O=[N+]([O-])c1cc(Br)cnc1NCCc1ncon1. The van der Waals surface area contributed by atoms with Crippen LogP contribution in [-0.2, 0) is 6.42 Å². The number of halogens is 1. The van der Waals surface area contributed by atoms with E-state index in [1.807, 2.05) is 0 Å². The Morgan fingerprint density at radius 1 is 1.50 bits per heavy atom. The third-order valence-electron chi connectivity index (χ3n) is 2.08. The van der Waals surface area contributed by atoms with Gasteiger partial charge in [-0.15, -0.1) is 0 Å². The molecule has 2 aromatic rings. The van der Waals surface area contributed by atoms with Gasteiger partial charge in [0, 0.05) is 29.7 Å². The number of hydrogen-bond acceptors (Lipinski definition) is 7. The molecular weight excluding hydrogens is 306 g/mol. The predicted molar refractivity (Wildman–Crippen MR) is 65.1 cm³/mol. The van der Waals surface area contributed by atoms with Crippen molar-refractivity contribution in [2.24, 2.45) is 0 Å². The summed E-state index contributed by atoms with van der Waals surface area (Å²) in [6.45, 7) is 0.426. The molecule has 1 N–H and O–H groups in total. The smallest absolute Gasteiger partial charge is 0.312 e. The first-order valence-electron chi connectivity index (χ1n) is 4.96. The van der Waals surface area contributed by atoms with Gasteiger partial charge in [0.05, 0.1) is 4.92 Å². The molecule has 2 heterocycles. The molecule has 9 heteroatoms. The van der Waals surface area contributed by atoms with E-state index in [0.29, 0.717) is 23.3 Å². The summed E-state index contributed by atoms with van der Waals surface area (Å²) >= 11 is 3.14. The molecule has 0 spiro atoms. The minimum atomic E-state index is -0.492. The van der Waals surface area contributed by atoms with Gasteiger partial charge in [-0.1, -0.05) is 5.16 Å². The number of hydrogen-bond donors (Lipinski definition) is 1. The summed E-state index contributed by atoms with van der Waals surface area (Å²) in [6.07, 6.45) is 3.21. The fraction of sp³-hybridized carbons (Fsp3) is 0.222. The van der Waals surface area contributed by atoms with E-state index in [1.165, 1.54) is 18.7 Å². The van der Waals surface area contributed by atoms with Gasteiger partial charge in [-0.3, -0.25) is 10.1 Å². The lowest BCUT2D eigenvalue weighted by molar-refractivity contribution is -0.384. The second-order valence-corrected chi connectivity index (χ2v) is 4.22. The molecule has 94 valence electrons. The van der Waals surface area contributed by atoms with E-state index >= 15 is 0 Å². The zero-order valence-corrected chi connectivity index (χ0v) is 10.6. The summed E-state index contributed by atoms with van der Waals surface area (Å²) in [4.78, 5) is 18.1. The second-order valence-electron chi connectivity index (χ2n) is 3.30. The van der Waals surface area contributed by atoms with E-state index in [1.54, 1.807) is 0 Å². The average molecular weight is 314 g/mol. The third kappa shape index (κ3) is 3.00. The van der Waals surface area contributed by atoms with Gasteiger partial charge < -0.3 is 9.84 Å². The summed E-state index contributed by atoms with van der Waals surface area (Å²) < 4.78 is 5.13. The lowest BCUT2D eigenvalue weighted by Crippen LogP contribution is -2.09.